The first-order valence-corrected chi connectivity index (χ1v) is 6.36. The second kappa shape index (κ2) is 7.41. The van der Waals surface area contributed by atoms with E-state index in [0.29, 0.717) is 12.5 Å². The molecule has 0 radical (unpaired) electrons. The van der Waals surface area contributed by atoms with Crippen molar-refractivity contribution in [1.82, 2.24) is 4.90 Å². The molecule has 1 rings (SSSR count). The van der Waals surface area contributed by atoms with E-state index in [-0.39, 0.29) is 5.82 Å². The third-order valence-corrected chi connectivity index (χ3v) is 3.18. The first-order chi connectivity index (χ1) is 8.19. The highest BCUT2D eigenvalue weighted by Crippen LogP contribution is 2.10. The van der Waals surface area contributed by atoms with Crippen molar-refractivity contribution < 1.29 is 4.39 Å². The number of benzene rings is 1. The first-order valence-electron chi connectivity index (χ1n) is 6.36. The smallest absolute Gasteiger partial charge is 0.123 e. The standard InChI is InChI=1S/C14H23FN2/c1-3-17(4-2)11-13(10-16)9-12-5-7-14(15)8-6-12/h5-8,13H,3-4,9-11,16H2,1-2H3. The SMILES string of the molecule is CCN(CC)CC(CN)Cc1ccc(F)cc1. The molecule has 0 heterocycles. The first kappa shape index (κ1) is 14.1. The van der Waals surface area contributed by atoms with E-state index in [1.54, 1.807) is 0 Å². The fourth-order valence-corrected chi connectivity index (χ4v) is 2.02. The van der Waals surface area contributed by atoms with Crippen molar-refractivity contribution in [3.05, 3.63) is 35.6 Å². The van der Waals surface area contributed by atoms with Crippen molar-refractivity contribution in [2.24, 2.45) is 11.7 Å². The van der Waals surface area contributed by atoms with Gasteiger partial charge >= 0.3 is 0 Å². The normalized spacial score (nSPS) is 13.0. The maximum atomic E-state index is 12.8. The van der Waals surface area contributed by atoms with E-state index < -0.39 is 0 Å². The van der Waals surface area contributed by atoms with Crippen LogP contribution in [0.5, 0.6) is 0 Å². The number of halogens is 1. The Morgan fingerprint density at radius 3 is 2.24 bits per heavy atom. The lowest BCUT2D eigenvalue weighted by molar-refractivity contribution is 0.254. The number of hydrogen-bond donors (Lipinski definition) is 1. The molecular weight excluding hydrogens is 215 g/mol. The van der Waals surface area contributed by atoms with Gasteiger partial charge in [-0.05, 0) is 49.7 Å². The molecular formula is C14H23FN2. The number of hydrogen-bond acceptors (Lipinski definition) is 2. The summed E-state index contributed by atoms with van der Waals surface area (Å²) in [6.07, 6.45) is 0.924. The summed E-state index contributed by atoms with van der Waals surface area (Å²) in [6, 6.07) is 6.72. The Kier molecular flexibility index (Phi) is 6.16. The molecule has 96 valence electrons. The molecule has 0 aromatic heterocycles. The van der Waals surface area contributed by atoms with Crippen LogP contribution in [0.25, 0.3) is 0 Å². The quantitative estimate of drug-likeness (QED) is 0.789. The fourth-order valence-electron chi connectivity index (χ4n) is 2.02. The Bertz CT molecular complexity index is 307. The Morgan fingerprint density at radius 1 is 1.18 bits per heavy atom. The third-order valence-electron chi connectivity index (χ3n) is 3.18. The van der Waals surface area contributed by atoms with E-state index in [0.717, 1.165) is 31.6 Å². The summed E-state index contributed by atoms with van der Waals surface area (Å²) in [7, 11) is 0. The maximum absolute atomic E-state index is 12.8. The topological polar surface area (TPSA) is 29.3 Å². The lowest BCUT2D eigenvalue weighted by Crippen LogP contribution is -2.33. The summed E-state index contributed by atoms with van der Waals surface area (Å²) in [4.78, 5) is 2.38. The lowest BCUT2D eigenvalue weighted by atomic mass is 9.99. The minimum atomic E-state index is -0.179. The Balaban J connectivity index is 2.54. The molecule has 0 aliphatic heterocycles. The van der Waals surface area contributed by atoms with E-state index >= 15 is 0 Å². The van der Waals surface area contributed by atoms with Gasteiger partial charge in [0.15, 0.2) is 0 Å². The van der Waals surface area contributed by atoms with Gasteiger partial charge in [0.1, 0.15) is 5.82 Å². The molecule has 0 saturated heterocycles. The molecule has 0 aliphatic carbocycles. The van der Waals surface area contributed by atoms with Crippen LogP contribution < -0.4 is 5.73 Å². The largest absolute Gasteiger partial charge is 0.330 e. The average Bonchev–Trinajstić information content (AvgIpc) is 2.37. The zero-order valence-electron chi connectivity index (χ0n) is 10.8. The van der Waals surface area contributed by atoms with E-state index in [9.17, 15) is 4.39 Å². The van der Waals surface area contributed by atoms with Gasteiger partial charge in [-0.15, -0.1) is 0 Å². The number of nitrogens with two attached hydrogens (primary N) is 1. The summed E-state index contributed by atoms with van der Waals surface area (Å²) in [5.74, 6) is 0.266. The molecule has 0 spiro atoms. The van der Waals surface area contributed by atoms with Gasteiger partial charge < -0.3 is 10.6 Å². The summed E-state index contributed by atoms with van der Waals surface area (Å²) < 4.78 is 12.8. The van der Waals surface area contributed by atoms with Gasteiger partial charge in [0, 0.05) is 6.54 Å². The molecule has 0 amide bonds. The van der Waals surface area contributed by atoms with Gasteiger partial charge in [-0.2, -0.15) is 0 Å². The Morgan fingerprint density at radius 2 is 1.76 bits per heavy atom. The van der Waals surface area contributed by atoms with Gasteiger partial charge in [0.05, 0.1) is 0 Å². The van der Waals surface area contributed by atoms with Crippen molar-refractivity contribution in [3.8, 4) is 0 Å². The van der Waals surface area contributed by atoms with Crippen LogP contribution in [0.4, 0.5) is 4.39 Å². The predicted octanol–water partition coefficient (Wildman–Crippen LogP) is 2.28. The van der Waals surface area contributed by atoms with Crippen LogP contribution in [0.1, 0.15) is 19.4 Å². The van der Waals surface area contributed by atoms with Gasteiger partial charge in [0.25, 0.3) is 0 Å². The predicted molar refractivity (Wildman–Crippen MR) is 70.4 cm³/mol. The number of nitrogens with zero attached hydrogens (tertiary/aromatic N) is 1. The maximum Gasteiger partial charge on any atom is 0.123 e. The summed E-state index contributed by atoms with van der Waals surface area (Å²) in [5.41, 5.74) is 6.97. The monoisotopic (exact) mass is 238 g/mol. The Hall–Kier alpha value is -0.930. The van der Waals surface area contributed by atoms with Crippen molar-refractivity contribution in [2.75, 3.05) is 26.2 Å². The van der Waals surface area contributed by atoms with Crippen LogP contribution in [0.2, 0.25) is 0 Å². The molecule has 0 fully saturated rings. The molecule has 2 N–H and O–H groups in total. The van der Waals surface area contributed by atoms with Crippen LogP contribution in [-0.4, -0.2) is 31.1 Å². The average molecular weight is 238 g/mol. The van der Waals surface area contributed by atoms with Gasteiger partial charge in [-0.1, -0.05) is 26.0 Å². The minimum Gasteiger partial charge on any atom is -0.330 e. The van der Waals surface area contributed by atoms with E-state index in [1.807, 2.05) is 12.1 Å². The molecule has 0 bridgehead atoms. The van der Waals surface area contributed by atoms with Gasteiger partial charge in [0.2, 0.25) is 0 Å². The second-order valence-corrected chi connectivity index (χ2v) is 4.42. The van der Waals surface area contributed by atoms with E-state index in [1.165, 1.54) is 12.1 Å². The van der Waals surface area contributed by atoms with Gasteiger partial charge in [-0.25, -0.2) is 4.39 Å². The molecule has 3 heteroatoms. The van der Waals surface area contributed by atoms with Crippen LogP contribution in [0, 0.1) is 11.7 Å². The van der Waals surface area contributed by atoms with Crippen LogP contribution in [0.3, 0.4) is 0 Å². The highest BCUT2D eigenvalue weighted by Gasteiger charge is 2.11. The van der Waals surface area contributed by atoms with Crippen LogP contribution in [0.15, 0.2) is 24.3 Å². The van der Waals surface area contributed by atoms with E-state index in [2.05, 4.69) is 18.7 Å². The molecule has 1 atom stereocenters. The van der Waals surface area contributed by atoms with Crippen molar-refractivity contribution in [1.29, 1.82) is 0 Å². The molecule has 0 saturated carbocycles. The fraction of sp³-hybridized carbons (Fsp3) is 0.571. The van der Waals surface area contributed by atoms with Gasteiger partial charge in [-0.3, -0.25) is 0 Å². The molecule has 1 unspecified atom stereocenters. The summed E-state index contributed by atoms with van der Waals surface area (Å²) in [6.45, 7) is 8.12. The summed E-state index contributed by atoms with van der Waals surface area (Å²) >= 11 is 0. The molecule has 1 aromatic carbocycles. The van der Waals surface area contributed by atoms with Crippen molar-refractivity contribution in [2.45, 2.75) is 20.3 Å². The van der Waals surface area contributed by atoms with Crippen molar-refractivity contribution in [3.63, 3.8) is 0 Å². The second-order valence-electron chi connectivity index (χ2n) is 4.42. The van der Waals surface area contributed by atoms with Crippen molar-refractivity contribution >= 4 is 0 Å². The molecule has 2 nitrogen and oxygen atoms in total. The van der Waals surface area contributed by atoms with Crippen LogP contribution >= 0.6 is 0 Å². The zero-order chi connectivity index (χ0) is 12.7. The molecule has 1 aromatic rings. The van der Waals surface area contributed by atoms with Crippen LogP contribution in [-0.2, 0) is 6.42 Å². The third kappa shape index (κ3) is 4.84. The minimum absolute atomic E-state index is 0.179. The molecule has 17 heavy (non-hydrogen) atoms. The lowest BCUT2D eigenvalue weighted by Gasteiger charge is -2.24. The van der Waals surface area contributed by atoms with E-state index in [4.69, 9.17) is 5.73 Å². The summed E-state index contributed by atoms with van der Waals surface area (Å²) in [5, 5.41) is 0. The highest BCUT2D eigenvalue weighted by molar-refractivity contribution is 5.16. The number of rotatable bonds is 7. The Labute approximate surface area is 104 Å². The zero-order valence-corrected chi connectivity index (χ0v) is 10.8. The molecule has 0 aliphatic rings. The highest BCUT2D eigenvalue weighted by atomic mass is 19.1.